The van der Waals surface area contributed by atoms with Gasteiger partial charge >= 0.3 is 0 Å². The highest BCUT2D eigenvalue weighted by atomic mass is 19.1. The molecule has 0 saturated carbocycles. The minimum absolute atomic E-state index is 0.244. The first-order chi connectivity index (χ1) is 16.9. The van der Waals surface area contributed by atoms with Crippen LogP contribution in [0.15, 0.2) is 77.7 Å². The van der Waals surface area contributed by atoms with Gasteiger partial charge < -0.3 is 9.47 Å². The van der Waals surface area contributed by atoms with Crippen molar-refractivity contribution in [2.24, 2.45) is 0 Å². The number of aryl methyl sites for hydroxylation is 2. The standard InChI is InChI=1S/C27H23FN4O3/c1-17-15-23(30-32(17)21-10-8-20(28)9-11-21)25-18(2)29-26-24(5-4-14-31(26)27(25)33)35-16-19-6-12-22(34-3)13-7-19/h4-15H,16H2,1-3H3. The Hall–Kier alpha value is -4.46. The Balaban J connectivity index is 1.51. The van der Waals surface area contributed by atoms with Crippen molar-refractivity contribution in [1.82, 2.24) is 19.2 Å². The molecule has 0 bridgehead atoms. The van der Waals surface area contributed by atoms with E-state index in [1.165, 1.54) is 16.5 Å². The predicted octanol–water partition coefficient (Wildman–Crippen LogP) is 4.89. The summed E-state index contributed by atoms with van der Waals surface area (Å²) in [6.45, 7) is 3.98. The van der Waals surface area contributed by atoms with Crippen molar-refractivity contribution in [3.63, 3.8) is 0 Å². The van der Waals surface area contributed by atoms with Crippen LogP contribution in [0.25, 0.3) is 22.6 Å². The summed E-state index contributed by atoms with van der Waals surface area (Å²) in [7, 11) is 1.62. The van der Waals surface area contributed by atoms with Crippen molar-refractivity contribution < 1.29 is 13.9 Å². The van der Waals surface area contributed by atoms with Crippen LogP contribution in [0.4, 0.5) is 4.39 Å². The summed E-state index contributed by atoms with van der Waals surface area (Å²) in [5.41, 5.74) is 4.11. The van der Waals surface area contributed by atoms with Gasteiger partial charge in [-0.3, -0.25) is 9.20 Å². The van der Waals surface area contributed by atoms with E-state index in [2.05, 4.69) is 5.10 Å². The molecule has 0 radical (unpaired) electrons. The molecule has 0 fully saturated rings. The maximum absolute atomic E-state index is 13.5. The second-order valence-corrected chi connectivity index (χ2v) is 8.14. The second-order valence-electron chi connectivity index (χ2n) is 8.14. The maximum Gasteiger partial charge on any atom is 0.267 e. The number of aromatic nitrogens is 4. The van der Waals surface area contributed by atoms with E-state index in [0.717, 1.165) is 17.0 Å². The predicted molar refractivity (Wildman–Crippen MR) is 131 cm³/mol. The van der Waals surface area contributed by atoms with E-state index in [9.17, 15) is 9.18 Å². The molecule has 0 aliphatic heterocycles. The minimum Gasteiger partial charge on any atom is -0.497 e. The van der Waals surface area contributed by atoms with E-state index in [-0.39, 0.29) is 11.4 Å². The van der Waals surface area contributed by atoms with Crippen molar-refractivity contribution in [1.29, 1.82) is 0 Å². The van der Waals surface area contributed by atoms with E-state index < -0.39 is 0 Å². The molecule has 176 valence electrons. The molecule has 7 nitrogen and oxygen atoms in total. The number of ether oxygens (including phenoxy) is 2. The van der Waals surface area contributed by atoms with Crippen LogP contribution in [0.2, 0.25) is 0 Å². The van der Waals surface area contributed by atoms with Crippen LogP contribution in [0, 0.1) is 19.7 Å². The molecule has 0 unspecified atom stereocenters. The summed E-state index contributed by atoms with van der Waals surface area (Å²) in [5.74, 6) is 0.951. The maximum atomic E-state index is 13.5. The molecule has 5 aromatic rings. The molecule has 0 aliphatic rings. The Morgan fingerprint density at radius 1 is 1.00 bits per heavy atom. The van der Waals surface area contributed by atoms with Crippen LogP contribution in [0.1, 0.15) is 17.0 Å². The normalized spacial score (nSPS) is 11.1. The first-order valence-electron chi connectivity index (χ1n) is 11.1. The lowest BCUT2D eigenvalue weighted by Gasteiger charge is -2.12. The van der Waals surface area contributed by atoms with Gasteiger partial charge in [-0.25, -0.2) is 14.1 Å². The zero-order valence-corrected chi connectivity index (χ0v) is 19.5. The fourth-order valence-electron chi connectivity index (χ4n) is 3.97. The molecule has 2 aromatic carbocycles. The Morgan fingerprint density at radius 2 is 1.74 bits per heavy atom. The van der Waals surface area contributed by atoms with Gasteiger partial charge in [0.25, 0.3) is 5.56 Å². The monoisotopic (exact) mass is 470 g/mol. The molecule has 35 heavy (non-hydrogen) atoms. The Bertz CT molecular complexity index is 1570. The third-order valence-corrected chi connectivity index (χ3v) is 5.77. The third kappa shape index (κ3) is 4.26. The number of benzene rings is 2. The van der Waals surface area contributed by atoms with Crippen LogP contribution in [0.5, 0.6) is 11.5 Å². The topological polar surface area (TPSA) is 70.7 Å². The van der Waals surface area contributed by atoms with Crippen LogP contribution in [-0.2, 0) is 6.61 Å². The summed E-state index contributed by atoms with van der Waals surface area (Å²) >= 11 is 0. The number of halogens is 1. The number of hydrogen-bond donors (Lipinski definition) is 0. The summed E-state index contributed by atoms with van der Waals surface area (Å²) in [6, 6.07) is 19.0. The van der Waals surface area contributed by atoms with Gasteiger partial charge in [0.1, 0.15) is 23.9 Å². The van der Waals surface area contributed by atoms with Crippen molar-refractivity contribution >= 4 is 5.65 Å². The quantitative estimate of drug-likeness (QED) is 0.353. The van der Waals surface area contributed by atoms with Gasteiger partial charge in [-0.05, 0) is 74.0 Å². The smallest absolute Gasteiger partial charge is 0.267 e. The van der Waals surface area contributed by atoms with Crippen LogP contribution < -0.4 is 15.0 Å². The molecule has 0 aliphatic carbocycles. The lowest BCUT2D eigenvalue weighted by molar-refractivity contribution is 0.307. The summed E-state index contributed by atoms with van der Waals surface area (Å²) in [5, 5.41) is 4.62. The zero-order valence-electron chi connectivity index (χ0n) is 19.5. The number of nitrogens with zero attached hydrogens (tertiary/aromatic N) is 4. The lowest BCUT2D eigenvalue weighted by atomic mass is 10.1. The summed E-state index contributed by atoms with van der Waals surface area (Å²) in [6.07, 6.45) is 1.66. The Kier molecular flexibility index (Phi) is 5.78. The first kappa shape index (κ1) is 22.3. The minimum atomic E-state index is -0.323. The van der Waals surface area contributed by atoms with E-state index in [1.807, 2.05) is 37.3 Å². The van der Waals surface area contributed by atoms with Crippen LogP contribution >= 0.6 is 0 Å². The van der Waals surface area contributed by atoms with Gasteiger partial charge in [-0.2, -0.15) is 5.10 Å². The highest BCUT2D eigenvalue weighted by Crippen LogP contribution is 2.25. The summed E-state index contributed by atoms with van der Waals surface area (Å²) in [4.78, 5) is 18.2. The van der Waals surface area contributed by atoms with Gasteiger partial charge in [-0.15, -0.1) is 0 Å². The molecule has 0 saturated heterocycles. The first-order valence-corrected chi connectivity index (χ1v) is 11.1. The largest absolute Gasteiger partial charge is 0.497 e. The fraction of sp³-hybridized carbons (Fsp3) is 0.148. The van der Waals surface area contributed by atoms with Crippen molar-refractivity contribution in [3.05, 3.63) is 106 Å². The number of pyridine rings is 1. The highest BCUT2D eigenvalue weighted by Gasteiger charge is 2.18. The molecular formula is C27H23FN4O3. The Morgan fingerprint density at radius 3 is 2.46 bits per heavy atom. The van der Waals surface area contributed by atoms with Gasteiger partial charge in [0.05, 0.1) is 24.1 Å². The second kappa shape index (κ2) is 9.06. The van der Waals surface area contributed by atoms with E-state index in [4.69, 9.17) is 14.5 Å². The molecule has 0 amide bonds. The van der Waals surface area contributed by atoms with Gasteiger partial charge in [0, 0.05) is 11.9 Å². The molecule has 0 N–H and O–H groups in total. The average Bonchev–Trinajstić information content (AvgIpc) is 3.24. The lowest BCUT2D eigenvalue weighted by Crippen LogP contribution is -2.19. The fourth-order valence-corrected chi connectivity index (χ4v) is 3.97. The molecule has 3 aromatic heterocycles. The molecule has 0 atom stereocenters. The van der Waals surface area contributed by atoms with E-state index in [1.54, 1.807) is 49.2 Å². The van der Waals surface area contributed by atoms with Crippen molar-refractivity contribution in [2.75, 3.05) is 7.11 Å². The highest BCUT2D eigenvalue weighted by molar-refractivity contribution is 5.65. The Labute approximate surface area is 201 Å². The van der Waals surface area contributed by atoms with E-state index >= 15 is 0 Å². The molecular weight excluding hydrogens is 447 g/mol. The number of methoxy groups -OCH3 is 1. The number of rotatable bonds is 6. The third-order valence-electron chi connectivity index (χ3n) is 5.77. The van der Waals surface area contributed by atoms with Crippen LogP contribution in [0.3, 0.4) is 0 Å². The van der Waals surface area contributed by atoms with Gasteiger partial charge in [-0.1, -0.05) is 12.1 Å². The SMILES string of the molecule is COc1ccc(COc2cccn3c(=O)c(-c4cc(C)n(-c5ccc(F)cc5)n4)c(C)nc23)cc1. The molecule has 3 heterocycles. The van der Waals surface area contributed by atoms with Crippen molar-refractivity contribution in [2.45, 2.75) is 20.5 Å². The van der Waals surface area contributed by atoms with E-state index in [0.29, 0.717) is 40.6 Å². The number of hydrogen-bond acceptors (Lipinski definition) is 5. The average molecular weight is 471 g/mol. The molecule has 5 rings (SSSR count). The van der Waals surface area contributed by atoms with Gasteiger partial charge in [0.2, 0.25) is 0 Å². The summed E-state index contributed by atoms with van der Waals surface area (Å²) < 4.78 is 27.7. The van der Waals surface area contributed by atoms with Gasteiger partial charge in [0.15, 0.2) is 11.4 Å². The zero-order chi connectivity index (χ0) is 24.5. The van der Waals surface area contributed by atoms with Crippen molar-refractivity contribution in [3.8, 4) is 28.4 Å². The molecule has 8 heteroatoms. The molecule has 0 spiro atoms. The van der Waals surface area contributed by atoms with Crippen LogP contribution in [-0.4, -0.2) is 26.3 Å². The number of fused-ring (bicyclic) bond motifs is 1.